The van der Waals surface area contributed by atoms with Gasteiger partial charge in [-0.3, -0.25) is 20.8 Å². The predicted molar refractivity (Wildman–Crippen MR) is 92.9 cm³/mol. The van der Waals surface area contributed by atoms with Crippen molar-refractivity contribution < 1.29 is 14.3 Å². The molecule has 136 valence electrons. The first-order valence-electron chi connectivity index (χ1n) is 7.84. The van der Waals surface area contributed by atoms with Gasteiger partial charge >= 0.3 is 6.09 Å². The molecule has 2 heterocycles. The van der Waals surface area contributed by atoms with Crippen molar-refractivity contribution in [2.24, 2.45) is 0 Å². The molecule has 1 fully saturated rings. The van der Waals surface area contributed by atoms with Crippen molar-refractivity contribution >= 4 is 41.2 Å². The van der Waals surface area contributed by atoms with Crippen LogP contribution in [-0.2, 0) is 4.74 Å². The lowest BCUT2D eigenvalue weighted by molar-refractivity contribution is 0.0971. The van der Waals surface area contributed by atoms with Gasteiger partial charge in [-0.1, -0.05) is 11.6 Å². The molecule has 2 rings (SSSR count). The lowest BCUT2D eigenvalue weighted by atomic mass is 10.1. The summed E-state index contributed by atoms with van der Waals surface area (Å²) in [5.74, 6) is -1.04. The van der Waals surface area contributed by atoms with E-state index >= 15 is 0 Å². The van der Waals surface area contributed by atoms with Gasteiger partial charge in [-0.15, -0.1) is 0 Å². The molecule has 1 aromatic heterocycles. The maximum absolute atomic E-state index is 12.2. The molecule has 25 heavy (non-hydrogen) atoms. The van der Waals surface area contributed by atoms with Crippen LogP contribution in [0, 0.1) is 5.41 Å². The van der Waals surface area contributed by atoms with E-state index in [0.29, 0.717) is 5.82 Å². The fraction of sp³-hybridized carbons (Fsp3) is 0.500. The third kappa shape index (κ3) is 4.92. The van der Waals surface area contributed by atoms with Crippen LogP contribution in [-0.4, -0.2) is 47.6 Å². The van der Waals surface area contributed by atoms with Crippen LogP contribution >= 0.6 is 11.6 Å². The van der Waals surface area contributed by atoms with E-state index in [1.165, 1.54) is 0 Å². The summed E-state index contributed by atoms with van der Waals surface area (Å²) in [6.45, 7) is 3.35. The van der Waals surface area contributed by atoms with Crippen LogP contribution < -0.4 is 21.3 Å². The molecule has 0 unspecified atom stereocenters. The Hall–Kier alpha value is -2.62. The van der Waals surface area contributed by atoms with E-state index in [-0.39, 0.29) is 23.3 Å². The SMILES string of the molecule is CCOC(=O)NC(=N)NC(=O)c1nc(Cl)c(N2CCCCC2)nc1N. The normalized spacial score (nSPS) is 13.9. The van der Waals surface area contributed by atoms with E-state index in [4.69, 9.17) is 22.7 Å². The van der Waals surface area contributed by atoms with Crippen molar-refractivity contribution in [2.45, 2.75) is 26.2 Å². The van der Waals surface area contributed by atoms with Gasteiger partial charge in [0.15, 0.2) is 22.5 Å². The first-order valence-corrected chi connectivity index (χ1v) is 8.21. The second-order valence-electron chi connectivity index (χ2n) is 5.29. The maximum atomic E-state index is 12.2. The zero-order valence-corrected chi connectivity index (χ0v) is 14.5. The van der Waals surface area contributed by atoms with Gasteiger partial charge in [0.1, 0.15) is 0 Å². The van der Waals surface area contributed by atoms with Crippen molar-refractivity contribution in [3.05, 3.63) is 10.8 Å². The van der Waals surface area contributed by atoms with Crippen molar-refractivity contribution in [3.63, 3.8) is 0 Å². The number of hydrogen-bond donors (Lipinski definition) is 4. The fourth-order valence-corrected chi connectivity index (χ4v) is 2.61. The standard InChI is InChI=1S/C14H20ClN7O3/c1-2-25-14(24)21-13(17)20-12(23)8-10(16)19-11(9(15)18-8)22-6-4-3-5-7-22/h2-7H2,1H3,(H2,16,19)(H3,17,20,21,23,24). The fourth-order valence-electron chi connectivity index (χ4n) is 2.37. The molecule has 1 saturated heterocycles. The number of anilines is 2. The third-order valence-corrected chi connectivity index (χ3v) is 3.73. The maximum Gasteiger partial charge on any atom is 0.413 e. The molecule has 1 aromatic rings. The molecule has 1 aliphatic rings. The number of nitrogen functional groups attached to an aromatic ring is 1. The average molecular weight is 370 g/mol. The van der Waals surface area contributed by atoms with Crippen LogP contribution in [0.4, 0.5) is 16.4 Å². The highest BCUT2D eigenvalue weighted by Gasteiger charge is 2.22. The number of carbonyl (C=O) groups excluding carboxylic acids is 2. The summed E-state index contributed by atoms with van der Waals surface area (Å²) in [5, 5.41) is 11.8. The molecular weight excluding hydrogens is 350 g/mol. The number of hydrogen-bond acceptors (Lipinski definition) is 8. The Morgan fingerprint density at radius 2 is 1.96 bits per heavy atom. The number of halogens is 1. The van der Waals surface area contributed by atoms with E-state index in [2.05, 4.69) is 20.0 Å². The quantitative estimate of drug-likeness (QED) is 0.461. The average Bonchev–Trinajstić information content (AvgIpc) is 2.57. The van der Waals surface area contributed by atoms with Crippen molar-refractivity contribution in [1.29, 1.82) is 5.41 Å². The minimum absolute atomic E-state index is 0.0612. The highest BCUT2D eigenvalue weighted by atomic mass is 35.5. The van der Waals surface area contributed by atoms with Gasteiger partial charge in [0.2, 0.25) is 5.96 Å². The number of nitrogens with two attached hydrogens (primary N) is 1. The van der Waals surface area contributed by atoms with E-state index in [0.717, 1.165) is 32.4 Å². The number of guanidine groups is 1. The topological polar surface area (TPSA) is 146 Å². The summed E-state index contributed by atoms with van der Waals surface area (Å²) in [6.07, 6.45) is 2.34. The molecule has 1 aliphatic heterocycles. The Morgan fingerprint density at radius 3 is 2.60 bits per heavy atom. The van der Waals surface area contributed by atoms with E-state index in [9.17, 15) is 9.59 Å². The molecule has 11 heteroatoms. The van der Waals surface area contributed by atoms with Crippen molar-refractivity contribution in [2.75, 3.05) is 30.3 Å². The van der Waals surface area contributed by atoms with Gasteiger partial charge in [0.05, 0.1) is 6.61 Å². The number of amides is 2. The largest absolute Gasteiger partial charge is 0.450 e. The molecule has 10 nitrogen and oxygen atoms in total. The van der Waals surface area contributed by atoms with Gasteiger partial charge in [-0.05, 0) is 26.2 Å². The summed E-state index contributed by atoms with van der Waals surface area (Å²) in [7, 11) is 0. The number of ether oxygens (including phenoxy) is 1. The lowest BCUT2D eigenvalue weighted by Crippen LogP contribution is -2.43. The summed E-state index contributed by atoms with van der Waals surface area (Å²) >= 11 is 6.15. The number of nitrogens with zero attached hydrogens (tertiary/aromatic N) is 3. The number of aromatic nitrogens is 2. The molecule has 0 aliphatic carbocycles. The number of rotatable bonds is 3. The first-order chi connectivity index (χ1) is 11.9. The smallest absolute Gasteiger partial charge is 0.413 e. The molecule has 0 bridgehead atoms. The zero-order valence-electron chi connectivity index (χ0n) is 13.8. The van der Waals surface area contributed by atoms with Gasteiger partial charge in [-0.25, -0.2) is 14.8 Å². The molecule has 0 atom stereocenters. The van der Waals surface area contributed by atoms with E-state index < -0.39 is 18.0 Å². The van der Waals surface area contributed by atoms with Gasteiger partial charge in [0, 0.05) is 13.1 Å². The molecule has 0 saturated carbocycles. The summed E-state index contributed by atoms with van der Waals surface area (Å²) in [6, 6.07) is 0. The number of piperidine rings is 1. The molecule has 2 amide bonds. The Balaban J connectivity index is 2.08. The number of carbonyl (C=O) groups is 2. The van der Waals surface area contributed by atoms with Crippen LogP contribution in [0.15, 0.2) is 0 Å². The molecule has 0 spiro atoms. The highest BCUT2D eigenvalue weighted by Crippen LogP contribution is 2.26. The minimum Gasteiger partial charge on any atom is -0.450 e. The van der Waals surface area contributed by atoms with Crippen LogP contribution in [0.25, 0.3) is 0 Å². The molecule has 5 N–H and O–H groups in total. The molecular formula is C14H20ClN7O3. The summed E-state index contributed by atoms with van der Waals surface area (Å²) < 4.78 is 4.60. The number of alkyl carbamates (subject to hydrolysis) is 1. The Kier molecular flexibility index (Phi) is 6.34. The van der Waals surface area contributed by atoms with Gasteiger partial charge in [0.25, 0.3) is 5.91 Å². The Labute approximate surface area is 149 Å². The first kappa shape index (κ1) is 18.7. The van der Waals surface area contributed by atoms with Crippen LogP contribution in [0.3, 0.4) is 0 Å². The lowest BCUT2D eigenvalue weighted by Gasteiger charge is -2.28. The third-order valence-electron chi connectivity index (χ3n) is 3.48. The van der Waals surface area contributed by atoms with Crippen molar-refractivity contribution in [1.82, 2.24) is 20.6 Å². The summed E-state index contributed by atoms with van der Waals surface area (Å²) in [4.78, 5) is 33.5. The van der Waals surface area contributed by atoms with E-state index in [1.807, 2.05) is 10.2 Å². The number of nitrogens with one attached hydrogen (secondary N) is 3. The predicted octanol–water partition coefficient (Wildman–Crippen LogP) is 1.11. The second-order valence-corrected chi connectivity index (χ2v) is 5.65. The van der Waals surface area contributed by atoms with E-state index in [1.54, 1.807) is 6.92 Å². The highest BCUT2D eigenvalue weighted by molar-refractivity contribution is 6.32. The van der Waals surface area contributed by atoms with Crippen LogP contribution in [0.5, 0.6) is 0 Å². The second kappa shape index (κ2) is 8.47. The van der Waals surface area contributed by atoms with Crippen LogP contribution in [0.1, 0.15) is 36.7 Å². The molecule has 0 aromatic carbocycles. The van der Waals surface area contributed by atoms with Crippen molar-refractivity contribution in [3.8, 4) is 0 Å². The summed E-state index contributed by atoms with van der Waals surface area (Å²) in [5.41, 5.74) is 5.60. The Morgan fingerprint density at radius 1 is 1.28 bits per heavy atom. The van der Waals surface area contributed by atoms with Gasteiger partial charge in [-0.2, -0.15) is 0 Å². The van der Waals surface area contributed by atoms with Crippen LogP contribution in [0.2, 0.25) is 5.15 Å². The molecule has 0 radical (unpaired) electrons. The monoisotopic (exact) mass is 369 g/mol. The zero-order chi connectivity index (χ0) is 18.4. The minimum atomic E-state index is -0.856. The Bertz CT molecular complexity index is 677. The van der Waals surface area contributed by atoms with Gasteiger partial charge < -0.3 is 15.4 Å².